The number of carbonyl (C=O) groups is 2. The Hall–Kier alpha value is -1.06. The number of carbonyl (C=O) groups excluding carboxylic acids is 1. The lowest BCUT2D eigenvalue weighted by Gasteiger charge is -2.05. The molecule has 0 atom stereocenters. The standard InChI is InChI=1S/C8H15NO3.C2H6/c1-6(2)5-9-7(10)3-4-8(11)12;1-2/h6H,3-5H2,1-2H3,(H,9,10)(H,11,12);1-2H3. The van der Waals surface area contributed by atoms with Crippen molar-refractivity contribution in [1.82, 2.24) is 5.32 Å². The first-order chi connectivity index (χ1) is 6.52. The molecule has 1 amide bonds. The number of amides is 1. The molecular weight excluding hydrogens is 182 g/mol. The van der Waals surface area contributed by atoms with Crippen molar-refractivity contribution in [2.75, 3.05) is 6.54 Å². The minimum Gasteiger partial charge on any atom is -0.481 e. The van der Waals surface area contributed by atoms with E-state index in [1.807, 2.05) is 27.7 Å². The Balaban J connectivity index is 0. The zero-order valence-electron chi connectivity index (χ0n) is 9.46. The number of hydrogen-bond donors (Lipinski definition) is 2. The molecule has 0 heterocycles. The Morgan fingerprint density at radius 1 is 1.21 bits per heavy atom. The normalized spacial score (nSPS) is 8.93. The van der Waals surface area contributed by atoms with Crippen LogP contribution in [-0.4, -0.2) is 23.5 Å². The van der Waals surface area contributed by atoms with Crippen molar-refractivity contribution in [3.8, 4) is 0 Å². The van der Waals surface area contributed by atoms with E-state index in [0.717, 1.165) is 0 Å². The van der Waals surface area contributed by atoms with Crippen LogP contribution in [0.2, 0.25) is 0 Å². The van der Waals surface area contributed by atoms with E-state index in [9.17, 15) is 9.59 Å². The second-order valence-electron chi connectivity index (χ2n) is 3.09. The van der Waals surface area contributed by atoms with Crippen molar-refractivity contribution in [2.45, 2.75) is 40.5 Å². The lowest BCUT2D eigenvalue weighted by atomic mass is 10.2. The number of carboxylic acid groups (broad SMARTS) is 1. The average molecular weight is 203 g/mol. The maximum atomic E-state index is 10.9. The van der Waals surface area contributed by atoms with E-state index in [0.29, 0.717) is 12.5 Å². The lowest BCUT2D eigenvalue weighted by Crippen LogP contribution is -2.27. The summed E-state index contributed by atoms with van der Waals surface area (Å²) in [4.78, 5) is 20.9. The third-order valence-electron chi connectivity index (χ3n) is 1.27. The Kier molecular flexibility index (Phi) is 11.0. The molecule has 0 saturated heterocycles. The summed E-state index contributed by atoms with van der Waals surface area (Å²) >= 11 is 0. The van der Waals surface area contributed by atoms with E-state index >= 15 is 0 Å². The van der Waals surface area contributed by atoms with E-state index in [1.165, 1.54) is 0 Å². The molecule has 0 aliphatic rings. The highest BCUT2D eigenvalue weighted by Gasteiger charge is 2.04. The van der Waals surface area contributed by atoms with Crippen LogP contribution in [0.5, 0.6) is 0 Å². The minimum absolute atomic E-state index is 0.0715. The third-order valence-corrected chi connectivity index (χ3v) is 1.27. The van der Waals surface area contributed by atoms with Gasteiger partial charge < -0.3 is 10.4 Å². The summed E-state index contributed by atoms with van der Waals surface area (Å²) < 4.78 is 0. The highest BCUT2D eigenvalue weighted by atomic mass is 16.4. The summed E-state index contributed by atoms with van der Waals surface area (Å²) in [6.45, 7) is 8.58. The van der Waals surface area contributed by atoms with Gasteiger partial charge in [-0.15, -0.1) is 0 Å². The van der Waals surface area contributed by atoms with Crippen molar-refractivity contribution < 1.29 is 14.7 Å². The quantitative estimate of drug-likeness (QED) is 0.714. The molecule has 4 nitrogen and oxygen atoms in total. The van der Waals surface area contributed by atoms with Gasteiger partial charge in [-0.25, -0.2) is 0 Å². The molecule has 0 aromatic carbocycles. The Labute approximate surface area is 85.7 Å². The van der Waals surface area contributed by atoms with Crippen molar-refractivity contribution in [1.29, 1.82) is 0 Å². The van der Waals surface area contributed by atoms with E-state index < -0.39 is 5.97 Å². The molecule has 0 unspecified atom stereocenters. The van der Waals surface area contributed by atoms with Crippen LogP contribution >= 0.6 is 0 Å². The third kappa shape index (κ3) is 13.5. The van der Waals surface area contributed by atoms with Gasteiger partial charge in [0.25, 0.3) is 0 Å². The summed E-state index contributed by atoms with van der Waals surface area (Å²) in [5.41, 5.74) is 0. The number of hydrogen-bond acceptors (Lipinski definition) is 2. The summed E-state index contributed by atoms with van der Waals surface area (Å²) in [6, 6.07) is 0. The fourth-order valence-corrected chi connectivity index (χ4v) is 0.627. The molecule has 0 radical (unpaired) electrons. The van der Waals surface area contributed by atoms with Gasteiger partial charge in [0, 0.05) is 13.0 Å². The number of carboxylic acids is 1. The number of aliphatic carboxylic acids is 1. The van der Waals surface area contributed by atoms with Crippen molar-refractivity contribution in [3.05, 3.63) is 0 Å². The van der Waals surface area contributed by atoms with Gasteiger partial charge in [0.05, 0.1) is 6.42 Å². The van der Waals surface area contributed by atoms with Gasteiger partial charge >= 0.3 is 5.97 Å². The van der Waals surface area contributed by atoms with Crippen LogP contribution < -0.4 is 5.32 Å². The molecular formula is C10H21NO3. The van der Waals surface area contributed by atoms with Gasteiger partial charge in [0.2, 0.25) is 5.91 Å². The maximum absolute atomic E-state index is 10.9. The monoisotopic (exact) mass is 203 g/mol. The van der Waals surface area contributed by atoms with Gasteiger partial charge in [-0.05, 0) is 5.92 Å². The Morgan fingerprint density at radius 2 is 1.71 bits per heavy atom. The molecule has 0 aliphatic carbocycles. The lowest BCUT2D eigenvalue weighted by molar-refractivity contribution is -0.138. The molecule has 0 spiro atoms. The second kappa shape index (κ2) is 10.0. The van der Waals surface area contributed by atoms with Crippen LogP contribution in [0.1, 0.15) is 40.5 Å². The van der Waals surface area contributed by atoms with E-state index in [4.69, 9.17) is 5.11 Å². The number of rotatable bonds is 5. The topological polar surface area (TPSA) is 66.4 Å². The van der Waals surface area contributed by atoms with Crippen LogP contribution in [0, 0.1) is 5.92 Å². The Bertz CT molecular complexity index is 167. The van der Waals surface area contributed by atoms with Crippen molar-refractivity contribution >= 4 is 11.9 Å². The predicted octanol–water partition coefficient (Wildman–Crippen LogP) is 1.65. The number of nitrogens with one attached hydrogen (secondary N) is 1. The van der Waals surface area contributed by atoms with Gasteiger partial charge in [-0.3, -0.25) is 9.59 Å². The summed E-state index contributed by atoms with van der Waals surface area (Å²) in [6.07, 6.45) is -0.0218. The molecule has 0 aliphatic heterocycles. The highest BCUT2D eigenvalue weighted by molar-refractivity contribution is 5.80. The molecule has 0 fully saturated rings. The molecule has 2 N–H and O–H groups in total. The van der Waals surface area contributed by atoms with Gasteiger partial charge in [-0.2, -0.15) is 0 Å². The van der Waals surface area contributed by atoms with Crippen molar-refractivity contribution in [2.24, 2.45) is 5.92 Å². The van der Waals surface area contributed by atoms with Gasteiger partial charge in [0.15, 0.2) is 0 Å². The molecule has 4 heteroatoms. The Morgan fingerprint density at radius 3 is 2.07 bits per heavy atom. The molecule has 0 rings (SSSR count). The van der Waals surface area contributed by atoms with E-state index in [1.54, 1.807) is 0 Å². The summed E-state index contributed by atoms with van der Waals surface area (Å²) in [5.74, 6) is -0.723. The second-order valence-corrected chi connectivity index (χ2v) is 3.09. The zero-order valence-corrected chi connectivity index (χ0v) is 9.46. The minimum atomic E-state index is -0.935. The van der Waals surface area contributed by atoms with E-state index in [-0.39, 0.29) is 18.7 Å². The summed E-state index contributed by atoms with van der Waals surface area (Å²) in [5, 5.41) is 10.9. The largest absolute Gasteiger partial charge is 0.481 e. The fourth-order valence-electron chi connectivity index (χ4n) is 0.627. The molecule has 0 aromatic heterocycles. The molecule has 0 saturated carbocycles. The molecule has 0 bridgehead atoms. The van der Waals surface area contributed by atoms with Crippen LogP contribution in [0.25, 0.3) is 0 Å². The highest BCUT2D eigenvalue weighted by Crippen LogP contribution is 1.91. The first-order valence-electron chi connectivity index (χ1n) is 5.01. The zero-order chi connectivity index (χ0) is 11.6. The summed E-state index contributed by atoms with van der Waals surface area (Å²) in [7, 11) is 0. The van der Waals surface area contributed by atoms with Gasteiger partial charge in [-0.1, -0.05) is 27.7 Å². The molecule has 0 aromatic rings. The smallest absolute Gasteiger partial charge is 0.303 e. The van der Waals surface area contributed by atoms with Crippen molar-refractivity contribution in [3.63, 3.8) is 0 Å². The first-order valence-corrected chi connectivity index (χ1v) is 5.01. The molecule has 84 valence electrons. The predicted molar refractivity (Wildman–Crippen MR) is 56.1 cm³/mol. The van der Waals surface area contributed by atoms with Crippen LogP contribution in [0.15, 0.2) is 0 Å². The molecule has 14 heavy (non-hydrogen) atoms. The van der Waals surface area contributed by atoms with E-state index in [2.05, 4.69) is 5.32 Å². The SMILES string of the molecule is CC.CC(C)CNC(=O)CCC(=O)O. The van der Waals surface area contributed by atoms with Crippen LogP contribution in [0.3, 0.4) is 0 Å². The first kappa shape index (κ1) is 15.4. The fraction of sp³-hybridized carbons (Fsp3) is 0.800. The average Bonchev–Trinajstić information content (AvgIpc) is 2.14. The maximum Gasteiger partial charge on any atom is 0.303 e. The van der Waals surface area contributed by atoms with Crippen LogP contribution in [0.4, 0.5) is 0 Å². The van der Waals surface area contributed by atoms with Crippen LogP contribution in [-0.2, 0) is 9.59 Å². The van der Waals surface area contributed by atoms with Gasteiger partial charge in [0.1, 0.15) is 0 Å².